The lowest BCUT2D eigenvalue weighted by Crippen LogP contribution is -2.28. The zero-order chi connectivity index (χ0) is 49.0. The number of nitrogens with one attached hydrogen (secondary N) is 1. The van der Waals surface area contributed by atoms with Gasteiger partial charge in [0.05, 0.1) is 17.1 Å². The second-order valence-electron chi connectivity index (χ2n) is 15.9. The highest BCUT2D eigenvalue weighted by atomic mass is 35.5. The van der Waals surface area contributed by atoms with Gasteiger partial charge in [0, 0.05) is 83.2 Å². The lowest BCUT2D eigenvalue weighted by atomic mass is 9.95. The fraction of sp³-hybridized carbons (Fsp3) is 0.191. The van der Waals surface area contributed by atoms with Crippen molar-refractivity contribution in [2.75, 3.05) is 46.6 Å². The van der Waals surface area contributed by atoms with Crippen molar-refractivity contribution in [2.45, 2.75) is 29.0 Å². The SMILES string of the molecule is CC(COC(=O)Nc1cc(C=CC(=O)N2C[C@@H](CCl)c3c2cc(OP(=O)(O)O)c2ccccc32)ccc1/C=C/C(=O)N1C[C@@H](CCl)c2c1cc(OP(=O)(O)O)c1ccccc21)SSc1ccccn1. The van der Waals surface area contributed by atoms with Gasteiger partial charge in [-0.1, -0.05) is 77.5 Å². The first kappa shape index (κ1) is 50.0. The van der Waals surface area contributed by atoms with Gasteiger partial charge in [0.1, 0.15) is 23.1 Å². The molecule has 22 heteroatoms. The summed E-state index contributed by atoms with van der Waals surface area (Å²) < 4.78 is 39.7. The van der Waals surface area contributed by atoms with E-state index in [1.165, 1.54) is 67.8 Å². The molecule has 2 aliphatic heterocycles. The number of benzene rings is 5. The van der Waals surface area contributed by atoms with E-state index in [1.54, 1.807) is 72.9 Å². The number of carbonyl (C=O) groups is 3. The Hall–Kier alpha value is -5.36. The van der Waals surface area contributed by atoms with Crippen molar-refractivity contribution in [3.05, 3.63) is 138 Å². The second-order valence-corrected chi connectivity index (χ2v) is 21.5. The highest BCUT2D eigenvalue weighted by molar-refractivity contribution is 8.76. The molecule has 3 heterocycles. The smallest absolute Gasteiger partial charge is 0.448 e. The van der Waals surface area contributed by atoms with Crippen LogP contribution in [0.2, 0.25) is 0 Å². The van der Waals surface area contributed by atoms with Crippen LogP contribution in [0.4, 0.5) is 21.9 Å². The number of anilines is 3. The molecule has 0 aliphatic carbocycles. The molecule has 5 N–H and O–H groups in total. The number of rotatable bonds is 16. The second kappa shape index (κ2) is 21.3. The number of pyridine rings is 1. The van der Waals surface area contributed by atoms with Gasteiger partial charge in [-0.15, -0.1) is 23.2 Å². The van der Waals surface area contributed by atoms with Gasteiger partial charge >= 0.3 is 21.7 Å². The molecule has 2 aliphatic rings. The third-order valence-electron chi connectivity index (χ3n) is 11.1. The number of hydrogen-bond acceptors (Lipinski definition) is 11. The minimum Gasteiger partial charge on any atom is -0.448 e. The quantitative estimate of drug-likeness (QED) is 0.0263. The largest absolute Gasteiger partial charge is 0.524 e. The van der Waals surface area contributed by atoms with Crippen molar-refractivity contribution >= 4 is 129 Å². The fourth-order valence-electron chi connectivity index (χ4n) is 8.24. The Balaban J connectivity index is 1.07. The molecule has 16 nitrogen and oxygen atoms in total. The molecule has 8 rings (SSSR count). The van der Waals surface area contributed by atoms with E-state index in [-0.39, 0.29) is 65.7 Å². The number of amides is 3. The Morgan fingerprint density at radius 2 is 1.28 bits per heavy atom. The Bertz CT molecular complexity index is 3120. The van der Waals surface area contributed by atoms with E-state index in [4.69, 9.17) is 37.0 Å². The zero-order valence-corrected chi connectivity index (χ0v) is 41.2. The molecule has 69 heavy (non-hydrogen) atoms. The summed E-state index contributed by atoms with van der Waals surface area (Å²) in [5, 5.41) is 5.59. The van der Waals surface area contributed by atoms with Gasteiger partial charge in [0.2, 0.25) is 0 Å². The molecule has 5 aromatic carbocycles. The first-order valence-corrected chi connectivity index (χ1v) is 27.4. The van der Waals surface area contributed by atoms with Gasteiger partial charge in [-0.25, -0.2) is 18.9 Å². The minimum absolute atomic E-state index is 0.0450. The first-order chi connectivity index (χ1) is 33.0. The Morgan fingerprint density at radius 1 is 0.754 bits per heavy atom. The van der Waals surface area contributed by atoms with Crippen LogP contribution in [0.3, 0.4) is 0 Å². The molecule has 0 radical (unpaired) electrons. The predicted molar refractivity (Wildman–Crippen MR) is 271 cm³/mol. The van der Waals surface area contributed by atoms with Crippen LogP contribution in [0.1, 0.15) is 41.0 Å². The molecule has 1 unspecified atom stereocenters. The number of halogens is 2. The monoisotopic (exact) mass is 1050 g/mol. The molecular formula is C47H42Cl2N4O12P2S2. The molecule has 0 saturated heterocycles. The maximum atomic E-state index is 14.1. The summed E-state index contributed by atoms with van der Waals surface area (Å²) in [7, 11) is -7.04. The average molecular weight is 1050 g/mol. The van der Waals surface area contributed by atoms with E-state index in [0.29, 0.717) is 44.0 Å². The van der Waals surface area contributed by atoms with Gasteiger partial charge < -0.3 is 23.6 Å². The minimum atomic E-state index is -4.99. The van der Waals surface area contributed by atoms with E-state index < -0.39 is 33.6 Å². The molecule has 3 amide bonds. The van der Waals surface area contributed by atoms with Crippen LogP contribution in [0.15, 0.2) is 120 Å². The van der Waals surface area contributed by atoms with Gasteiger partial charge in [0.15, 0.2) is 0 Å². The number of ether oxygens (including phenoxy) is 1. The molecule has 0 spiro atoms. The molecule has 3 atom stereocenters. The molecule has 6 aromatic rings. The van der Waals surface area contributed by atoms with Crippen LogP contribution in [-0.4, -0.2) is 79.2 Å². The predicted octanol–water partition coefficient (Wildman–Crippen LogP) is 10.5. The van der Waals surface area contributed by atoms with Crippen molar-refractivity contribution in [3.63, 3.8) is 0 Å². The number of carbonyl (C=O) groups excluding carboxylic acids is 3. The summed E-state index contributed by atoms with van der Waals surface area (Å²) in [6, 6.07) is 27.1. The van der Waals surface area contributed by atoms with Gasteiger partial charge in [-0.3, -0.25) is 34.5 Å². The number of phosphoric acid groups is 2. The standard InChI is InChI=1S/C47H42Cl2N4O12P2S2/c1-28(68-69-42-12-6-7-19-50-42)27-63-47(56)51-37-20-29(14-17-43(54)52-25-31(23-48)45-35-10-4-2-8-33(35)40(21-38(45)52)64-66(57,58)59)13-15-30(37)16-18-44(55)53-26-32(24-49)46-36-11-5-3-9-34(36)41(22-39(46)53)65-67(60,61)62/h2-22,28,31-32H,23-27H2,1H3,(H,51,56)(H2,57,58,59)(H2,60,61,62)/b17-14?,18-16+/t28?,31-,32-/m1/s1. The lowest BCUT2D eigenvalue weighted by molar-refractivity contribution is -0.114. The summed E-state index contributed by atoms with van der Waals surface area (Å²) in [5.74, 6) is -1.48. The van der Waals surface area contributed by atoms with E-state index in [0.717, 1.165) is 16.2 Å². The molecule has 0 bridgehead atoms. The van der Waals surface area contributed by atoms with Gasteiger partial charge in [0.25, 0.3) is 11.8 Å². The Labute approximate surface area is 413 Å². The van der Waals surface area contributed by atoms with E-state index in [1.807, 2.05) is 25.1 Å². The molecule has 1 aromatic heterocycles. The average Bonchev–Trinajstić information content (AvgIpc) is 3.90. The van der Waals surface area contributed by atoms with Crippen LogP contribution in [0.25, 0.3) is 33.7 Å². The van der Waals surface area contributed by atoms with E-state index in [2.05, 4.69) is 10.3 Å². The van der Waals surface area contributed by atoms with Crippen LogP contribution < -0.4 is 24.2 Å². The molecule has 358 valence electrons. The number of phosphoric ester groups is 2. The summed E-state index contributed by atoms with van der Waals surface area (Å²) >= 11 is 12.8. The van der Waals surface area contributed by atoms with Crippen LogP contribution in [0.5, 0.6) is 11.5 Å². The molecule has 0 saturated carbocycles. The maximum Gasteiger partial charge on any atom is 0.524 e. The topological polar surface area (TPSA) is 225 Å². The Kier molecular flexibility index (Phi) is 15.5. The fourth-order valence-corrected chi connectivity index (χ4v) is 11.4. The van der Waals surface area contributed by atoms with Crippen LogP contribution in [-0.2, 0) is 23.5 Å². The Morgan fingerprint density at radius 3 is 1.78 bits per heavy atom. The van der Waals surface area contributed by atoms with E-state index >= 15 is 0 Å². The summed E-state index contributed by atoms with van der Waals surface area (Å²) in [5.41, 5.74) is 3.30. The van der Waals surface area contributed by atoms with Crippen LogP contribution in [0, 0.1) is 0 Å². The summed E-state index contributed by atoms with van der Waals surface area (Å²) in [6.07, 6.45) is 6.54. The van der Waals surface area contributed by atoms with Crippen molar-refractivity contribution in [3.8, 4) is 11.5 Å². The van der Waals surface area contributed by atoms with E-state index in [9.17, 15) is 43.1 Å². The number of fused-ring (bicyclic) bond motifs is 6. The first-order valence-electron chi connectivity index (χ1n) is 21.0. The molecule has 0 fully saturated rings. The summed E-state index contributed by atoms with van der Waals surface area (Å²) in [6.45, 7) is 2.29. The van der Waals surface area contributed by atoms with Gasteiger partial charge in [-0.2, -0.15) is 0 Å². The number of hydrogen-bond donors (Lipinski definition) is 5. The normalized spacial score (nSPS) is 16.3. The summed E-state index contributed by atoms with van der Waals surface area (Å²) in [4.78, 5) is 87.5. The number of aromatic nitrogens is 1. The van der Waals surface area contributed by atoms with Crippen molar-refractivity contribution < 1.29 is 56.9 Å². The number of alkyl halides is 2. The maximum absolute atomic E-state index is 14.1. The molecular weight excluding hydrogens is 1010 g/mol. The highest BCUT2D eigenvalue weighted by Crippen LogP contribution is 2.51. The number of nitrogens with zero attached hydrogens (tertiary/aromatic N) is 3. The third-order valence-corrected chi connectivity index (χ3v) is 15.5. The zero-order valence-electron chi connectivity index (χ0n) is 36.3. The van der Waals surface area contributed by atoms with Crippen molar-refractivity contribution in [1.82, 2.24) is 4.98 Å². The van der Waals surface area contributed by atoms with Crippen molar-refractivity contribution in [1.29, 1.82) is 0 Å². The van der Waals surface area contributed by atoms with Gasteiger partial charge in [-0.05, 0) is 81.1 Å². The third kappa shape index (κ3) is 11.8. The van der Waals surface area contributed by atoms with Crippen LogP contribution >= 0.6 is 60.4 Å². The lowest BCUT2D eigenvalue weighted by Gasteiger charge is -2.18. The highest BCUT2D eigenvalue weighted by Gasteiger charge is 2.36. The van der Waals surface area contributed by atoms with Crippen molar-refractivity contribution in [2.24, 2.45) is 0 Å².